The number of aromatic nitrogens is 4. The Morgan fingerprint density at radius 3 is 2.55 bits per heavy atom. The third-order valence-electron chi connectivity index (χ3n) is 5.04. The van der Waals surface area contributed by atoms with Gasteiger partial charge in [0.15, 0.2) is 11.0 Å². The van der Waals surface area contributed by atoms with Gasteiger partial charge < -0.3 is 24.2 Å². The molecule has 3 heterocycles. The van der Waals surface area contributed by atoms with Gasteiger partial charge in [-0.3, -0.25) is 4.79 Å². The summed E-state index contributed by atoms with van der Waals surface area (Å²) < 4.78 is 11.5. The van der Waals surface area contributed by atoms with E-state index in [1.165, 1.54) is 16.2 Å². The van der Waals surface area contributed by atoms with E-state index in [4.69, 9.17) is 14.5 Å². The summed E-state index contributed by atoms with van der Waals surface area (Å²) in [5.41, 5.74) is 0.576. The standard InChI is InChI=1S/C22H27N7O3S/c1-14-13-31-11-10-29(14)20-24-18(17-12-23-22(33-17)28(4)5)25-21(26-20)32-16-8-6-15(7-9-16)19(30)27(2)3/h6-9,12,14H,10-11,13H2,1-5H3/t14-/m0/s1. The van der Waals surface area contributed by atoms with Crippen molar-refractivity contribution in [1.82, 2.24) is 24.8 Å². The Kier molecular flexibility index (Phi) is 6.70. The molecule has 0 aliphatic carbocycles. The van der Waals surface area contributed by atoms with E-state index in [1.807, 2.05) is 19.0 Å². The lowest BCUT2D eigenvalue weighted by atomic mass is 10.2. The fourth-order valence-corrected chi connectivity index (χ4v) is 4.03. The maximum Gasteiger partial charge on any atom is 0.327 e. The number of hydrogen-bond donors (Lipinski definition) is 0. The molecule has 1 aliphatic heterocycles. The van der Waals surface area contributed by atoms with Gasteiger partial charge in [0.2, 0.25) is 5.95 Å². The van der Waals surface area contributed by atoms with Crippen LogP contribution in [0.4, 0.5) is 11.1 Å². The quantitative estimate of drug-likeness (QED) is 0.540. The van der Waals surface area contributed by atoms with Gasteiger partial charge in [-0.05, 0) is 31.2 Å². The molecule has 10 nitrogen and oxygen atoms in total. The van der Waals surface area contributed by atoms with Crippen molar-refractivity contribution < 1.29 is 14.3 Å². The number of ether oxygens (including phenoxy) is 2. The molecule has 3 aromatic rings. The van der Waals surface area contributed by atoms with E-state index < -0.39 is 0 Å². The average molecular weight is 470 g/mol. The van der Waals surface area contributed by atoms with Crippen LogP contribution in [0, 0.1) is 0 Å². The third-order valence-corrected chi connectivity index (χ3v) is 6.20. The second-order valence-corrected chi connectivity index (χ2v) is 9.10. The fraction of sp³-hybridized carbons (Fsp3) is 0.409. The summed E-state index contributed by atoms with van der Waals surface area (Å²) in [6.07, 6.45) is 1.76. The van der Waals surface area contributed by atoms with E-state index in [-0.39, 0.29) is 18.0 Å². The number of anilines is 2. The molecule has 11 heteroatoms. The molecule has 1 amide bonds. The summed E-state index contributed by atoms with van der Waals surface area (Å²) >= 11 is 1.49. The summed E-state index contributed by atoms with van der Waals surface area (Å²) in [7, 11) is 7.31. The molecule has 0 unspecified atom stereocenters. The third kappa shape index (κ3) is 5.20. The van der Waals surface area contributed by atoms with E-state index in [9.17, 15) is 4.79 Å². The van der Waals surface area contributed by atoms with E-state index in [0.717, 1.165) is 10.0 Å². The number of rotatable bonds is 6. The summed E-state index contributed by atoms with van der Waals surface area (Å²) in [6.45, 7) is 3.95. The zero-order valence-electron chi connectivity index (χ0n) is 19.3. The lowest BCUT2D eigenvalue weighted by Gasteiger charge is -2.33. The van der Waals surface area contributed by atoms with Crippen LogP contribution in [-0.4, -0.2) is 84.7 Å². The van der Waals surface area contributed by atoms with Crippen LogP contribution in [0.25, 0.3) is 10.7 Å². The maximum atomic E-state index is 12.1. The molecule has 1 aliphatic rings. The maximum absolute atomic E-state index is 12.1. The molecule has 33 heavy (non-hydrogen) atoms. The molecular weight excluding hydrogens is 442 g/mol. The summed E-state index contributed by atoms with van der Waals surface area (Å²) in [5, 5.41) is 0.857. The molecule has 0 saturated carbocycles. The zero-order chi connectivity index (χ0) is 23.5. The monoisotopic (exact) mass is 469 g/mol. The van der Waals surface area contributed by atoms with Crippen LogP contribution in [0.5, 0.6) is 11.8 Å². The van der Waals surface area contributed by atoms with Crippen molar-refractivity contribution in [2.24, 2.45) is 0 Å². The van der Waals surface area contributed by atoms with Gasteiger partial charge in [0.1, 0.15) is 5.75 Å². The van der Waals surface area contributed by atoms with Gasteiger partial charge in [0, 0.05) is 40.3 Å². The number of amides is 1. The van der Waals surface area contributed by atoms with Crippen molar-refractivity contribution in [3.05, 3.63) is 36.0 Å². The van der Waals surface area contributed by atoms with Crippen molar-refractivity contribution in [2.45, 2.75) is 13.0 Å². The second kappa shape index (κ2) is 9.67. The number of thiazole rings is 1. The Morgan fingerprint density at radius 2 is 1.91 bits per heavy atom. The first-order valence-electron chi connectivity index (χ1n) is 10.6. The van der Waals surface area contributed by atoms with Crippen LogP contribution in [0.3, 0.4) is 0 Å². The van der Waals surface area contributed by atoms with Gasteiger partial charge in [-0.25, -0.2) is 4.98 Å². The normalized spacial score (nSPS) is 15.9. The van der Waals surface area contributed by atoms with Crippen molar-refractivity contribution in [2.75, 3.05) is 57.7 Å². The molecule has 1 fully saturated rings. The highest BCUT2D eigenvalue weighted by Crippen LogP contribution is 2.31. The van der Waals surface area contributed by atoms with Crippen LogP contribution in [0.15, 0.2) is 30.5 Å². The number of morpholine rings is 1. The van der Waals surface area contributed by atoms with E-state index in [2.05, 4.69) is 26.8 Å². The van der Waals surface area contributed by atoms with Crippen LogP contribution in [0.1, 0.15) is 17.3 Å². The molecular formula is C22H27N7O3S. The highest BCUT2D eigenvalue weighted by atomic mass is 32.1. The molecule has 0 spiro atoms. The highest BCUT2D eigenvalue weighted by molar-refractivity contribution is 7.18. The molecule has 1 atom stereocenters. The van der Waals surface area contributed by atoms with Gasteiger partial charge in [0.25, 0.3) is 5.91 Å². The first-order chi connectivity index (χ1) is 15.8. The van der Waals surface area contributed by atoms with E-state index >= 15 is 0 Å². The number of carbonyl (C=O) groups is 1. The van der Waals surface area contributed by atoms with Gasteiger partial charge >= 0.3 is 6.01 Å². The van der Waals surface area contributed by atoms with Crippen LogP contribution in [-0.2, 0) is 4.74 Å². The minimum atomic E-state index is -0.0746. The van der Waals surface area contributed by atoms with Gasteiger partial charge in [-0.2, -0.15) is 15.0 Å². The van der Waals surface area contributed by atoms with Gasteiger partial charge in [0.05, 0.1) is 30.3 Å². The summed E-state index contributed by atoms with van der Waals surface area (Å²) in [5.74, 6) is 1.49. The highest BCUT2D eigenvalue weighted by Gasteiger charge is 2.24. The van der Waals surface area contributed by atoms with Crippen molar-refractivity contribution in [3.8, 4) is 22.5 Å². The first-order valence-corrected chi connectivity index (χ1v) is 11.4. The number of benzene rings is 1. The molecule has 0 bridgehead atoms. The van der Waals surface area contributed by atoms with E-state index in [1.54, 1.807) is 44.6 Å². The minimum Gasteiger partial charge on any atom is -0.424 e. The lowest BCUT2D eigenvalue weighted by Crippen LogP contribution is -2.44. The number of nitrogens with zero attached hydrogens (tertiary/aromatic N) is 7. The Hall–Kier alpha value is -3.31. The Balaban J connectivity index is 1.67. The molecule has 1 aromatic carbocycles. The molecule has 4 rings (SSSR count). The van der Waals surface area contributed by atoms with Gasteiger partial charge in [-0.1, -0.05) is 11.3 Å². The van der Waals surface area contributed by atoms with E-state index in [0.29, 0.717) is 42.8 Å². The first kappa shape index (κ1) is 22.9. The smallest absolute Gasteiger partial charge is 0.327 e. The molecule has 0 N–H and O–H groups in total. The largest absolute Gasteiger partial charge is 0.424 e. The van der Waals surface area contributed by atoms with Crippen molar-refractivity contribution in [1.29, 1.82) is 0 Å². The molecule has 2 aromatic heterocycles. The van der Waals surface area contributed by atoms with Crippen molar-refractivity contribution >= 4 is 28.3 Å². The van der Waals surface area contributed by atoms with Crippen LogP contribution in [0.2, 0.25) is 0 Å². The SMILES string of the molecule is C[C@H]1COCCN1c1nc(Oc2ccc(C(=O)N(C)C)cc2)nc(-c2cnc(N(C)C)s2)n1. The van der Waals surface area contributed by atoms with Crippen LogP contribution >= 0.6 is 11.3 Å². The molecule has 174 valence electrons. The van der Waals surface area contributed by atoms with Crippen molar-refractivity contribution in [3.63, 3.8) is 0 Å². The Morgan fingerprint density at radius 1 is 1.15 bits per heavy atom. The van der Waals surface area contributed by atoms with Crippen LogP contribution < -0.4 is 14.5 Å². The number of carbonyl (C=O) groups excluding carboxylic acids is 1. The second-order valence-electron chi connectivity index (χ2n) is 8.09. The topological polar surface area (TPSA) is 96.8 Å². The lowest BCUT2D eigenvalue weighted by molar-refractivity contribution is 0.0827. The summed E-state index contributed by atoms with van der Waals surface area (Å²) in [4.78, 5) is 36.8. The number of hydrogen-bond acceptors (Lipinski definition) is 10. The summed E-state index contributed by atoms with van der Waals surface area (Å²) in [6, 6.07) is 7.20. The predicted molar refractivity (Wildman–Crippen MR) is 127 cm³/mol. The fourth-order valence-electron chi connectivity index (χ4n) is 3.26. The molecule has 1 saturated heterocycles. The van der Waals surface area contributed by atoms with Gasteiger partial charge in [-0.15, -0.1) is 0 Å². The molecule has 0 radical (unpaired) electrons. The zero-order valence-corrected chi connectivity index (χ0v) is 20.2. The Bertz CT molecular complexity index is 1120. The average Bonchev–Trinajstić information content (AvgIpc) is 3.30. The predicted octanol–water partition coefficient (Wildman–Crippen LogP) is 2.78. The minimum absolute atomic E-state index is 0.0746. The Labute approximate surface area is 196 Å².